The monoisotopic (exact) mass is 374 g/mol. The van der Waals surface area contributed by atoms with Gasteiger partial charge in [0.25, 0.3) is 0 Å². The summed E-state index contributed by atoms with van der Waals surface area (Å²) in [6, 6.07) is 10.3. The van der Waals surface area contributed by atoms with Gasteiger partial charge in [0.15, 0.2) is 0 Å². The maximum atomic E-state index is 9.66. The number of pyridine rings is 1. The molecule has 0 unspecified atom stereocenters. The molecule has 0 radical (unpaired) electrons. The Kier molecular flexibility index (Phi) is 4.28. The normalized spacial score (nSPS) is 16.7. The summed E-state index contributed by atoms with van der Waals surface area (Å²) in [5.41, 5.74) is 3.03. The Labute approximate surface area is 164 Å². The molecule has 142 valence electrons. The molecule has 0 amide bonds. The molecule has 0 saturated heterocycles. The standard InChI is InChI=1S/C22H22N4O2/c23-13-16-5-6-21(25-9-1-3-19-17(14-25)7-11-27-19)24-22(16)26-10-2-4-20-18(15-26)8-12-28-20/h5-8,11-12H,1-4,9-10,14-15H2. The van der Waals surface area contributed by atoms with Crippen LogP contribution in [0, 0.1) is 11.3 Å². The molecule has 0 saturated carbocycles. The van der Waals surface area contributed by atoms with Gasteiger partial charge in [-0.25, -0.2) is 4.98 Å². The molecule has 2 aliphatic rings. The van der Waals surface area contributed by atoms with Crippen LogP contribution in [0.5, 0.6) is 0 Å². The minimum absolute atomic E-state index is 0.620. The van der Waals surface area contributed by atoms with Gasteiger partial charge in [-0.05, 0) is 37.1 Å². The van der Waals surface area contributed by atoms with Gasteiger partial charge in [-0.3, -0.25) is 0 Å². The number of hydrogen-bond donors (Lipinski definition) is 0. The molecule has 3 aromatic heterocycles. The summed E-state index contributed by atoms with van der Waals surface area (Å²) in [5.74, 6) is 3.82. The summed E-state index contributed by atoms with van der Waals surface area (Å²) in [6.45, 7) is 3.30. The van der Waals surface area contributed by atoms with Crippen molar-refractivity contribution < 1.29 is 8.83 Å². The van der Waals surface area contributed by atoms with E-state index < -0.39 is 0 Å². The number of fused-ring (bicyclic) bond motifs is 2. The first kappa shape index (κ1) is 16.9. The van der Waals surface area contributed by atoms with E-state index in [2.05, 4.69) is 15.9 Å². The van der Waals surface area contributed by atoms with Gasteiger partial charge in [0.1, 0.15) is 29.2 Å². The Morgan fingerprint density at radius 1 is 0.857 bits per heavy atom. The fourth-order valence-electron chi connectivity index (χ4n) is 4.20. The fourth-order valence-corrected chi connectivity index (χ4v) is 4.20. The van der Waals surface area contributed by atoms with Gasteiger partial charge in [-0.15, -0.1) is 0 Å². The number of nitriles is 1. The molecular weight excluding hydrogens is 352 g/mol. The van der Waals surface area contributed by atoms with Gasteiger partial charge in [0, 0.05) is 50.1 Å². The van der Waals surface area contributed by atoms with Crippen molar-refractivity contribution in [2.75, 3.05) is 22.9 Å². The summed E-state index contributed by atoms with van der Waals surface area (Å²) < 4.78 is 11.2. The highest BCUT2D eigenvalue weighted by Gasteiger charge is 2.23. The molecule has 28 heavy (non-hydrogen) atoms. The average Bonchev–Trinajstić information content (AvgIpc) is 3.24. The number of nitrogens with zero attached hydrogens (tertiary/aromatic N) is 4. The van der Waals surface area contributed by atoms with E-state index in [0.29, 0.717) is 5.56 Å². The zero-order valence-corrected chi connectivity index (χ0v) is 15.7. The van der Waals surface area contributed by atoms with Crippen molar-refractivity contribution in [1.29, 1.82) is 5.26 Å². The van der Waals surface area contributed by atoms with Crippen molar-refractivity contribution in [2.24, 2.45) is 0 Å². The first-order valence-electron chi connectivity index (χ1n) is 9.83. The first-order valence-corrected chi connectivity index (χ1v) is 9.83. The van der Waals surface area contributed by atoms with E-state index in [-0.39, 0.29) is 0 Å². The smallest absolute Gasteiger partial charge is 0.149 e. The second-order valence-electron chi connectivity index (χ2n) is 7.44. The molecule has 0 aliphatic carbocycles. The highest BCUT2D eigenvalue weighted by atomic mass is 16.3. The Morgan fingerprint density at radius 3 is 2.18 bits per heavy atom. The van der Waals surface area contributed by atoms with Crippen LogP contribution in [0.4, 0.5) is 11.6 Å². The summed E-state index contributed by atoms with van der Waals surface area (Å²) in [4.78, 5) is 9.45. The van der Waals surface area contributed by atoms with Gasteiger partial charge in [0.05, 0.1) is 18.1 Å². The minimum Gasteiger partial charge on any atom is -0.469 e. The summed E-state index contributed by atoms with van der Waals surface area (Å²) in [5, 5.41) is 9.66. The number of anilines is 2. The predicted octanol–water partition coefficient (Wildman–Crippen LogP) is 4.04. The molecule has 0 atom stereocenters. The SMILES string of the molecule is N#Cc1ccc(N2CCCc3occc3C2)nc1N1CCCc2occc2C1. The Morgan fingerprint density at radius 2 is 1.50 bits per heavy atom. The zero-order valence-electron chi connectivity index (χ0n) is 15.7. The maximum absolute atomic E-state index is 9.66. The third kappa shape index (κ3) is 3.03. The van der Waals surface area contributed by atoms with Crippen molar-refractivity contribution in [3.8, 4) is 6.07 Å². The molecule has 0 aromatic carbocycles. The molecule has 0 spiro atoms. The Bertz CT molecular complexity index is 1030. The van der Waals surface area contributed by atoms with Crippen LogP contribution in [0.2, 0.25) is 0 Å². The summed E-state index contributed by atoms with van der Waals surface area (Å²) in [6.07, 6.45) is 7.42. The quantitative estimate of drug-likeness (QED) is 0.674. The van der Waals surface area contributed by atoms with Gasteiger partial charge in [-0.2, -0.15) is 5.26 Å². The van der Waals surface area contributed by atoms with Crippen LogP contribution in [-0.2, 0) is 25.9 Å². The molecule has 2 aliphatic heterocycles. The lowest BCUT2D eigenvalue weighted by Gasteiger charge is -2.26. The molecule has 3 aromatic rings. The molecule has 5 heterocycles. The van der Waals surface area contributed by atoms with Crippen LogP contribution in [0.25, 0.3) is 0 Å². The highest BCUT2D eigenvalue weighted by Crippen LogP contribution is 2.29. The predicted molar refractivity (Wildman–Crippen MR) is 105 cm³/mol. The van der Waals surface area contributed by atoms with E-state index in [4.69, 9.17) is 13.8 Å². The number of aromatic nitrogens is 1. The number of furan rings is 2. The lowest BCUT2D eigenvalue weighted by atomic mass is 10.2. The van der Waals surface area contributed by atoms with E-state index in [9.17, 15) is 5.26 Å². The lowest BCUT2D eigenvalue weighted by Crippen LogP contribution is -2.27. The number of hydrogen-bond acceptors (Lipinski definition) is 6. The van der Waals surface area contributed by atoms with Gasteiger partial charge in [0.2, 0.25) is 0 Å². The fraction of sp³-hybridized carbons (Fsp3) is 0.364. The molecule has 0 bridgehead atoms. The molecule has 5 rings (SSSR count). The van der Waals surface area contributed by atoms with Crippen LogP contribution in [-0.4, -0.2) is 18.1 Å². The van der Waals surface area contributed by atoms with E-state index in [1.165, 1.54) is 11.1 Å². The zero-order chi connectivity index (χ0) is 18.9. The van der Waals surface area contributed by atoms with Gasteiger partial charge in [-0.1, -0.05) is 0 Å². The van der Waals surface area contributed by atoms with Crippen molar-refractivity contribution in [3.05, 3.63) is 65.0 Å². The second kappa shape index (κ2) is 7.08. The second-order valence-corrected chi connectivity index (χ2v) is 7.44. The van der Waals surface area contributed by atoms with E-state index in [1.54, 1.807) is 12.5 Å². The molecule has 0 N–H and O–H groups in total. The Hall–Kier alpha value is -3.20. The topological polar surface area (TPSA) is 69.4 Å². The number of aryl methyl sites for hydroxylation is 2. The summed E-state index contributed by atoms with van der Waals surface area (Å²) >= 11 is 0. The van der Waals surface area contributed by atoms with Crippen LogP contribution >= 0.6 is 0 Å². The van der Waals surface area contributed by atoms with Gasteiger partial charge >= 0.3 is 0 Å². The van der Waals surface area contributed by atoms with Crippen LogP contribution in [0.3, 0.4) is 0 Å². The first-order chi connectivity index (χ1) is 13.8. The van der Waals surface area contributed by atoms with E-state index in [0.717, 1.165) is 75.0 Å². The van der Waals surface area contributed by atoms with Crippen molar-refractivity contribution in [3.63, 3.8) is 0 Å². The lowest BCUT2D eigenvalue weighted by molar-refractivity contribution is 0.504. The number of rotatable bonds is 2. The molecule has 6 nitrogen and oxygen atoms in total. The van der Waals surface area contributed by atoms with Crippen LogP contribution in [0.15, 0.2) is 45.6 Å². The van der Waals surface area contributed by atoms with Crippen molar-refractivity contribution in [1.82, 2.24) is 4.98 Å². The van der Waals surface area contributed by atoms with Gasteiger partial charge < -0.3 is 18.6 Å². The van der Waals surface area contributed by atoms with Crippen LogP contribution < -0.4 is 9.80 Å². The van der Waals surface area contributed by atoms with Crippen molar-refractivity contribution in [2.45, 2.75) is 38.8 Å². The Balaban J connectivity index is 1.48. The highest BCUT2D eigenvalue weighted by molar-refractivity contribution is 5.59. The van der Waals surface area contributed by atoms with Crippen LogP contribution in [0.1, 0.15) is 41.1 Å². The molecule has 0 fully saturated rings. The summed E-state index contributed by atoms with van der Waals surface area (Å²) in [7, 11) is 0. The third-order valence-electron chi connectivity index (χ3n) is 5.67. The molecular formula is C22H22N4O2. The maximum Gasteiger partial charge on any atom is 0.149 e. The molecule has 6 heteroatoms. The van der Waals surface area contributed by atoms with E-state index >= 15 is 0 Å². The largest absolute Gasteiger partial charge is 0.469 e. The van der Waals surface area contributed by atoms with E-state index in [1.807, 2.05) is 24.3 Å². The van der Waals surface area contributed by atoms with Crippen molar-refractivity contribution >= 4 is 11.6 Å². The average molecular weight is 374 g/mol. The minimum atomic E-state index is 0.620. The third-order valence-corrected chi connectivity index (χ3v) is 5.67.